The van der Waals surface area contributed by atoms with Gasteiger partial charge in [0, 0.05) is 13.1 Å². The van der Waals surface area contributed by atoms with Crippen molar-refractivity contribution in [1.82, 2.24) is 4.98 Å². The number of hydrogen-bond acceptors (Lipinski definition) is 3. The Balaban J connectivity index is 1.62. The van der Waals surface area contributed by atoms with E-state index in [1.54, 1.807) is 12.1 Å². The highest BCUT2D eigenvalue weighted by Crippen LogP contribution is 2.37. The minimum Gasteiger partial charge on any atom is -0.348 e. The predicted octanol–water partition coefficient (Wildman–Crippen LogP) is 4.37. The average molecular weight is 330 g/mol. The van der Waals surface area contributed by atoms with Crippen molar-refractivity contribution < 1.29 is 17.6 Å². The van der Waals surface area contributed by atoms with Crippen LogP contribution in [0.3, 0.4) is 0 Å². The quantitative estimate of drug-likeness (QED) is 0.777. The molecule has 2 nitrogen and oxygen atoms in total. The van der Waals surface area contributed by atoms with Crippen molar-refractivity contribution >= 4 is 16.5 Å². The molecule has 1 atom stereocenters. The third-order valence-electron chi connectivity index (χ3n) is 3.77. The van der Waals surface area contributed by atoms with Crippen LogP contribution in [0, 0.1) is 11.7 Å². The number of nitrogens with zero attached hydrogens (tertiary/aromatic N) is 2. The second-order valence-corrected chi connectivity index (χ2v) is 6.45. The fraction of sp³-hybridized carbons (Fsp3) is 0.400. The molecule has 2 heterocycles. The summed E-state index contributed by atoms with van der Waals surface area (Å²) in [6, 6.07) is 6.36. The molecule has 1 fully saturated rings. The minimum atomic E-state index is -4.33. The first-order valence-electron chi connectivity index (χ1n) is 6.94. The van der Waals surface area contributed by atoms with Crippen LogP contribution in [0.2, 0.25) is 0 Å². The van der Waals surface area contributed by atoms with Crippen molar-refractivity contribution in [3.63, 3.8) is 0 Å². The van der Waals surface area contributed by atoms with Crippen molar-refractivity contribution in [2.75, 3.05) is 18.0 Å². The van der Waals surface area contributed by atoms with Gasteiger partial charge < -0.3 is 4.90 Å². The summed E-state index contributed by atoms with van der Waals surface area (Å²) in [5, 5.41) is 0.425. The number of anilines is 1. The Kier molecular flexibility index (Phi) is 4.08. The maximum absolute atomic E-state index is 12.9. The van der Waals surface area contributed by atoms with Crippen LogP contribution in [0.15, 0.2) is 30.5 Å². The van der Waals surface area contributed by atoms with E-state index in [4.69, 9.17) is 0 Å². The van der Waals surface area contributed by atoms with Crippen LogP contribution < -0.4 is 4.90 Å². The molecule has 1 aromatic heterocycles. The summed E-state index contributed by atoms with van der Waals surface area (Å²) in [5.41, 5.74) is 1.04. The molecular weight excluding hydrogens is 316 g/mol. The monoisotopic (exact) mass is 330 g/mol. The van der Waals surface area contributed by atoms with E-state index in [-0.39, 0.29) is 5.82 Å². The van der Waals surface area contributed by atoms with E-state index in [0.29, 0.717) is 35.5 Å². The summed E-state index contributed by atoms with van der Waals surface area (Å²) in [6.07, 6.45) is -1.73. The summed E-state index contributed by atoms with van der Waals surface area (Å²) >= 11 is 0.688. The van der Waals surface area contributed by atoms with E-state index in [2.05, 4.69) is 4.98 Å². The van der Waals surface area contributed by atoms with E-state index in [1.165, 1.54) is 12.1 Å². The maximum Gasteiger partial charge on any atom is 0.427 e. The average Bonchev–Trinajstić information content (AvgIpc) is 3.09. The number of thiazole rings is 1. The summed E-state index contributed by atoms with van der Waals surface area (Å²) in [6.45, 7) is 1.39. The third-order valence-corrected chi connectivity index (χ3v) is 4.87. The smallest absolute Gasteiger partial charge is 0.348 e. The van der Waals surface area contributed by atoms with Crippen molar-refractivity contribution in [1.29, 1.82) is 0 Å². The molecule has 1 unspecified atom stereocenters. The van der Waals surface area contributed by atoms with Crippen LogP contribution in [-0.4, -0.2) is 18.1 Å². The van der Waals surface area contributed by atoms with Crippen LogP contribution in [0.4, 0.5) is 22.7 Å². The number of rotatable bonds is 3. The Morgan fingerprint density at radius 2 is 1.95 bits per heavy atom. The second-order valence-electron chi connectivity index (χ2n) is 5.44. The fourth-order valence-corrected chi connectivity index (χ4v) is 3.49. The zero-order chi connectivity index (χ0) is 15.7. The van der Waals surface area contributed by atoms with Gasteiger partial charge in [0.2, 0.25) is 0 Å². The van der Waals surface area contributed by atoms with Gasteiger partial charge in [0.05, 0.1) is 6.20 Å². The predicted molar refractivity (Wildman–Crippen MR) is 77.5 cm³/mol. The normalized spacial score (nSPS) is 18.9. The molecule has 0 amide bonds. The minimum absolute atomic E-state index is 0.265. The first-order valence-corrected chi connectivity index (χ1v) is 7.76. The lowest BCUT2D eigenvalue weighted by molar-refractivity contribution is -0.134. The SMILES string of the molecule is Fc1ccc(CC2CCN(c3ncc(C(F)(F)F)s3)C2)cc1. The van der Waals surface area contributed by atoms with Gasteiger partial charge in [-0.1, -0.05) is 23.5 Å². The van der Waals surface area contributed by atoms with Crippen LogP contribution >= 0.6 is 11.3 Å². The van der Waals surface area contributed by atoms with Crippen molar-refractivity contribution in [2.45, 2.75) is 19.0 Å². The third kappa shape index (κ3) is 3.40. The Hall–Kier alpha value is -1.63. The number of halogens is 4. The number of benzene rings is 1. The van der Waals surface area contributed by atoms with E-state index >= 15 is 0 Å². The molecule has 0 spiro atoms. The Morgan fingerprint density at radius 3 is 2.59 bits per heavy atom. The standard InChI is InChI=1S/C15H14F4N2S/c16-12-3-1-10(2-4-12)7-11-5-6-21(9-11)14-20-8-13(22-14)15(17,18)19/h1-4,8,11H,5-7,9H2. The van der Waals surface area contributed by atoms with Crippen molar-refractivity contribution in [3.8, 4) is 0 Å². The largest absolute Gasteiger partial charge is 0.427 e. The molecule has 3 rings (SSSR count). The highest BCUT2D eigenvalue weighted by molar-refractivity contribution is 7.15. The molecule has 0 aliphatic carbocycles. The number of aromatic nitrogens is 1. The highest BCUT2D eigenvalue weighted by Gasteiger charge is 2.34. The second kappa shape index (κ2) is 5.87. The van der Waals surface area contributed by atoms with E-state index < -0.39 is 11.1 Å². The zero-order valence-corrected chi connectivity index (χ0v) is 12.4. The molecular formula is C15H14F4N2S. The Bertz CT molecular complexity index is 636. The first-order chi connectivity index (χ1) is 10.4. The topological polar surface area (TPSA) is 16.1 Å². The van der Waals surface area contributed by atoms with Gasteiger partial charge in [-0.3, -0.25) is 0 Å². The van der Waals surface area contributed by atoms with Crippen molar-refractivity contribution in [3.05, 3.63) is 46.7 Å². The zero-order valence-electron chi connectivity index (χ0n) is 11.6. The van der Waals surface area contributed by atoms with Gasteiger partial charge >= 0.3 is 6.18 Å². The van der Waals surface area contributed by atoms with Gasteiger partial charge in [-0.05, 0) is 36.5 Å². The molecule has 7 heteroatoms. The Labute approximate surface area is 129 Å². The van der Waals surface area contributed by atoms with E-state index in [1.807, 2.05) is 4.90 Å². The maximum atomic E-state index is 12.9. The molecule has 0 saturated carbocycles. The summed E-state index contributed by atoms with van der Waals surface area (Å²) in [4.78, 5) is 5.13. The molecule has 0 N–H and O–H groups in total. The van der Waals surface area contributed by atoms with E-state index in [0.717, 1.165) is 24.6 Å². The number of hydrogen-bond donors (Lipinski definition) is 0. The lowest BCUT2D eigenvalue weighted by Crippen LogP contribution is -2.19. The van der Waals surface area contributed by atoms with Gasteiger partial charge in [-0.2, -0.15) is 13.2 Å². The van der Waals surface area contributed by atoms with Gasteiger partial charge in [-0.25, -0.2) is 9.37 Å². The van der Waals surface area contributed by atoms with Gasteiger partial charge in [0.25, 0.3) is 0 Å². The molecule has 22 heavy (non-hydrogen) atoms. The van der Waals surface area contributed by atoms with Gasteiger partial charge in [0.1, 0.15) is 10.7 Å². The molecule has 1 aliphatic rings. The fourth-order valence-electron chi connectivity index (χ4n) is 2.67. The van der Waals surface area contributed by atoms with Crippen LogP contribution in [0.5, 0.6) is 0 Å². The van der Waals surface area contributed by atoms with Gasteiger partial charge in [-0.15, -0.1) is 0 Å². The lowest BCUT2D eigenvalue weighted by Gasteiger charge is -2.15. The molecule has 118 valence electrons. The summed E-state index contributed by atoms with van der Waals surface area (Å²) in [5.74, 6) is 0.0861. The molecule has 1 aromatic carbocycles. The molecule has 1 saturated heterocycles. The summed E-state index contributed by atoms with van der Waals surface area (Å²) < 4.78 is 50.7. The first kappa shape index (κ1) is 15.3. The molecule has 0 radical (unpaired) electrons. The highest BCUT2D eigenvalue weighted by atomic mass is 32.1. The number of alkyl halides is 3. The molecule has 2 aromatic rings. The van der Waals surface area contributed by atoms with Crippen molar-refractivity contribution in [2.24, 2.45) is 5.92 Å². The van der Waals surface area contributed by atoms with E-state index in [9.17, 15) is 17.6 Å². The lowest BCUT2D eigenvalue weighted by atomic mass is 9.99. The van der Waals surface area contributed by atoms with Gasteiger partial charge in [0.15, 0.2) is 5.13 Å². The summed E-state index contributed by atoms with van der Waals surface area (Å²) in [7, 11) is 0. The molecule has 0 bridgehead atoms. The Morgan fingerprint density at radius 1 is 1.23 bits per heavy atom. The molecule has 1 aliphatic heterocycles. The van der Waals surface area contributed by atoms with Crippen LogP contribution in [0.1, 0.15) is 16.9 Å². The van der Waals surface area contributed by atoms with Crippen LogP contribution in [-0.2, 0) is 12.6 Å². The van der Waals surface area contributed by atoms with Crippen LogP contribution in [0.25, 0.3) is 0 Å².